The van der Waals surface area contributed by atoms with Gasteiger partial charge in [-0.3, -0.25) is 25.5 Å². The fourth-order valence-electron chi connectivity index (χ4n) is 10.7. The van der Waals surface area contributed by atoms with Gasteiger partial charge in [-0.2, -0.15) is 13.2 Å². The van der Waals surface area contributed by atoms with Crippen molar-refractivity contribution in [2.75, 3.05) is 21.7 Å². The van der Waals surface area contributed by atoms with Crippen molar-refractivity contribution in [3.63, 3.8) is 0 Å². The number of fused-ring (bicyclic) bond motifs is 4. The molecule has 480 valence electrons. The van der Waals surface area contributed by atoms with Crippen molar-refractivity contribution in [3.8, 4) is 0 Å². The van der Waals surface area contributed by atoms with Gasteiger partial charge in [0.25, 0.3) is 0 Å². The van der Waals surface area contributed by atoms with Crippen LogP contribution in [0.3, 0.4) is 0 Å². The molecule has 94 heavy (non-hydrogen) atoms. The predicted molar refractivity (Wildman–Crippen MR) is 358 cm³/mol. The maximum Gasteiger partial charge on any atom is 0.416 e. The number of allylic oxidation sites excluding steroid dienone is 1. The summed E-state index contributed by atoms with van der Waals surface area (Å²) in [7, 11) is 0. The van der Waals surface area contributed by atoms with Crippen LogP contribution in [-0.2, 0) is 90.1 Å². The molecule has 9 aromatic rings. The Morgan fingerprint density at radius 3 is 1.35 bits per heavy atom. The zero-order valence-corrected chi connectivity index (χ0v) is 52.0. The molecule has 0 unspecified atom stereocenters. The first kappa shape index (κ1) is 67.6. The summed E-state index contributed by atoms with van der Waals surface area (Å²) in [6.45, 7) is 0.886. The molecule has 14 nitrogen and oxygen atoms in total. The minimum absolute atomic E-state index is 0.125. The van der Waals surface area contributed by atoms with Crippen LogP contribution in [0.2, 0.25) is 0 Å². The van der Waals surface area contributed by atoms with Gasteiger partial charge in [0.05, 0.1) is 5.56 Å². The lowest BCUT2D eigenvalue weighted by Crippen LogP contribution is -2.13. The van der Waals surface area contributed by atoms with Gasteiger partial charge < -0.3 is 24.7 Å². The maximum atomic E-state index is 12.9. The van der Waals surface area contributed by atoms with Gasteiger partial charge in [0.2, 0.25) is 0 Å². The van der Waals surface area contributed by atoms with Gasteiger partial charge in [-0.15, -0.1) is 0 Å². The van der Waals surface area contributed by atoms with Crippen LogP contribution in [0.25, 0.3) is 6.08 Å². The summed E-state index contributed by atoms with van der Waals surface area (Å²) in [4.78, 5) is 69.9. The SMILES string of the molecule is Nc1ccc2c(c1)CCC2.O=C(Cl)OCc1ccccc1.O=C(Nc1ccc2c(c1)C/C(=C\c1cccc(C(F)(F)F)c1)C2=O)OCc1ccccc1.O=C(Nc1ccc2c(c1)CCC2)OCc1ccccc1.O=C(Nc1ccc2c(c1)CCC2=O)OCc1ccccc1. The molecule has 13 rings (SSSR count). The molecule has 18 heteroatoms. The first-order valence-electron chi connectivity index (χ1n) is 30.5. The van der Waals surface area contributed by atoms with Crippen molar-refractivity contribution in [2.45, 2.75) is 90.4 Å². The topological polar surface area (TPSA) is 201 Å². The fraction of sp³-hybridized carbons (Fsp3) is 0.184. The Morgan fingerprint density at radius 1 is 0.436 bits per heavy atom. The number of benzene rings is 9. The highest BCUT2D eigenvalue weighted by Crippen LogP contribution is 2.34. The van der Waals surface area contributed by atoms with E-state index in [4.69, 9.17) is 31.5 Å². The Balaban J connectivity index is 0.000000147. The first-order valence-corrected chi connectivity index (χ1v) is 30.9. The maximum absolute atomic E-state index is 12.9. The second kappa shape index (κ2) is 33.5. The number of carbonyl (C=O) groups excluding carboxylic acids is 6. The Morgan fingerprint density at radius 2 is 0.862 bits per heavy atom. The average molecular weight is 1290 g/mol. The van der Waals surface area contributed by atoms with Crippen molar-refractivity contribution in [1.29, 1.82) is 0 Å². The number of ketones is 2. The molecule has 0 spiro atoms. The van der Waals surface area contributed by atoms with Crippen LogP contribution in [0.15, 0.2) is 224 Å². The van der Waals surface area contributed by atoms with E-state index < -0.39 is 35.4 Å². The van der Waals surface area contributed by atoms with Gasteiger partial charge in [-0.25, -0.2) is 19.2 Å². The lowest BCUT2D eigenvalue weighted by Gasteiger charge is -2.08. The summed E-state index contributed by atoms with van der Waals surface area (Å²) in [5.41, 5.74) is 19.9. The van der Waals surface area contributed by atoms with Crippen LogP contribution in [-0.4, -0.2) is 35.3 Å². The first-order chi connectivity index (χ1) is 45.5. The third kappa shape index (κ3) is 20.9. The highest BCUT2D eigenvalue weighted by atomic mass is 35.5. The van der Waals surface area contributed by atoms with Crippen molar-refractivity contribution < 1.29 is 60.9 Å². The number of nitrogens with one attached hydrogen (secondary N) is 3. The van der Waals surface area contributed by atoms with Crippen LogP contribution < -0.4 is 21.7 Å². The molecule has 3 amide bonds. The van der Waals surface area contributed by atoms with Gasteiger partial charge in [0.15, 0.2) is 11.6 Å². The van der Waals surface area contributed by atoms with E-state index in [0.717, 1.165) is 76.2 Å². The Bertz CT molecular complexity index is 4130. The van der Waals surface area contributed by atoms with Gasteiger partial charge in [-0.1, -0.05) is 146 Å². The molecule has 0 aliphatic heterocycles. The van der Waals surface area contributed by atoms with Gasteiger partial charge in [0.1, 0.15) is 26.4 Å². The van der Waals surface area contributed by atoms with Crippen LogP contribution in [0.5, 0.6) is 0 Å². The Hall–Kier alpha value is -10.8. The third-order valence-corrected chi connectivity index (χ3v) is 15.5. The summed E-state index contributed by atoms with van der Waals surface area (Å²) in [5.74, 6) is -0.0705. The molecule has 0 heterocycles. The lowest BCUT2D eigenvalue weighted by molar-refractivity contribution is -0.137. The number of rotatable bonds is 12. The van der Waals surface area contributed by atoms with Crippen LogP contribution in [0.4, 0.5) is 55.1 Å². The molecule has 5 N–H and O–H groups in total. The number of nitrogens with two attached hydrogens (primary N) is 1. The minimum atomic E-state index is -4.45. The quantitative estimate of drug-likeness (QED) is 0.0392. The molecule has 4 aliphatic carbocycles. The third-order valence-electron chi connectivity index (χ3n) is 15.4. The standard InChI is InChI=1S/C25H18F3NO3.C17H15NO3.C17H17NO2.C9H11N.C8H7ClO2/c26-25(27,28)20-8-4-7-17(12-20)11-19-13-18-14-21(9-10-22(18)23(19)30)29-24(31)32-15-16-5-2-1-3-6-16;19-16-9-6-13-10-14(7-8-15(13)16)18-17(20)21-11-12-4-2-1-3-5-12;19-17(20-12-13-5-2-1-3-6-13)18-16-10-9-14-7-4-8-15(14)11-16;10-9-5-4-7-2-1-3-8(7)6-9;9-8(10)11-6-7-4-2-1-3-5-7/h1-12,14H,13,15H2,(H,29,31);1-5,7-8,10H,6,9,11H2,(H,18,20);1-3,5-6,9-11H,4,7-8,12H2,(H,18,19);4-6H,1-3,10H2;1-5H,6H2/b19-11+;;;;. The summed E-state index contributed by atoms with van der Waals surface area (Å²) >= 11 is 4.97. The number of amides is 3. The number of alkyl halides is 3. The zero-order valence-electron chi connectivity index (χ0n) is 51.2. The highest BCUT2D eigenvalue weighted by molar-refractivity contribution is 6.61. The van der Waals surface area contributed by atoms with Gasteiger partial charge in [-0.05, 0) is 185 Å². The number of aryl methyl sites for hydroxylation is 5. The monoisotopic (exact) mass is 1290 g/mol. The number of hydrogen-bond acceptors (Lipinski definition) is 11. The largest absolute Gasteiger partial charge is 0.449 e. The average Bonchev–Trinajstić information content (AvgIpc) is 1.73. The second-order valence-electron chi connectivity index (χ2n) is 22.3. The summed E-state index contributed by atoms with van der Waals surface area (Å²) < 4.78 is 58.9. The van der Waals surface area contributed by atoms with Crippen LogP contribution in [0.1, 0.15) is 107 Å². The molecule has 0 saturated heterocycles. The molecule has 9 aromatic carbocycles. The Kier molecular flexibility index (Phi) is 24.1. The highest BCUT2D eigenvalue weighted by Gasteiger charge is 2.31. The number of ether oxygens (including phenoxy) is 4. The van der Waals surface area contributed by atoms with Crippen molar-refractivity contribution in [1.82, 2.24) is 0 Å². The minimum Gasteiger partial charge on any atom is -0.449 e. The zero-order chi connectivity index (χ0) is 66.2. The predicted octanol–water partition coefficient (Wildman–Crippen LogP) is 18.1. The van der Waals surface area contributed by atoms with E-state index >= 15 is 0 Å². The fourth-order valence-corrected chi connectivity index (χ4v) is 10.8. The summed E-state index contributed by atoms with van der Waals surface area (Å²) in [6, 6.07) is 65.1. The van der Waals surface area contributed by atoms with Crippen molar-refractivity contribution in [3.05, 3.63) is 302 Å². The van der Waals surface area contributed by atoms with Crippen LogP contribution >= 0.6 is 11.6 Å². The number of nitrogen functional groups attached to an aromatic ring is 1. The number of Topliss-reactive ketones (excluding diaryl/α,β-unsaturated/α-hetero) is 2. The van der Waals surface area contributed by atoms with Gasteiger partial charge >= 0.3 is 29.9 Å². The van der Waals surface area contributed by atoms with Crippen molar-refractivity contribution in [2.24, 2.45) is 0 Å². The van der Waals surface area contributed by atoms with Gasteiger partial charge in [0, 0.05) is 63.9 Å². The van der Waals surface area contributed by atoms with Crippen molar-refractivity contribution >= 4 is 75.7 Å². The molecule has 4 aliphatic rings. The van der Waals surface area contributed by atoms with E-state index in [1.807, 2.05) is 146 Å². The van der Waals surface area contributed by atoms with Crippen LogP contribution in [0, 0.1) is 0 Å². The second-order valence-corrected chi connectivity index (χ2v) is 22.6. The molecule has 0 aromatic heterocycles. The number of halogens is 4. The lowest BCUT2D eigenvalue weighted by atomic mass is 10.1. The smallest absolute Gasteiger partial charge is 0.416 e. The van der Waals surface area contributed by atoms with E-state index in [2.05, 4.69) is 38.9 Å². The molecular weight excluding hydrogens is 1220 g/mol. The summed E-state index contributed by atoms with van der Waals surface area (Å²) in [5, 5.41) is 8.09. The Labute approximate surface area is 547 Å². The number of anilines is 4. The number of carbonyl (C=O) groups is 6. The molecule has 0 saturated carbocycles. The molecule has 0 bridgehead atoms. The molecule has 0 atom stereocenters. The van der Waals surface area contributed by atoms with E-state index in [1.165, 1.54) is 66.1 Å². The van der Waals surface area contributed by atoms with E-state index in [-0.39, 0.29) is 44.4 Å². The van der Waals surface area contributed by atoms with E-state index in [1.54, 1.807) is 30.3 Å². The van der Waals surface area contributed by atoms with E-state index in [9.17, 15) is 41.9 Å². The normalized spacial score (nSPS) is 13.2. The van der Waals surface area contributed by atoms with E-state index in [0.29, 0.717) is 40.1 Å². The molecule has 0 radical (unpaired) electrons. The molecule has 0 fully saturated rings. The number of hydrogen-bond donors (Lipinski definition) is 4. The molecular formula is C76H68ClF3N4O10. The summed E-state index contributed by atoms with van der Waals surface area (Å²) in [6.07, 6.45) is 4.27.